The number of ether oxygens (including phenoxy) is 3. The molecule has 0 atom stereocenters. The van der Waals surface area contributed by atoms with Crippen molar-refractivity contribution in [1.82, 2.24) is 0 Å². The molecule has 5 heteroatoms. The highest BCUT2D eigenvalue weighted by atomic mass is 16.5. The van der Waals surface area contributed by atoms with Crippen molar-refractivity contribution in [2.75, 3.05) is 19.8 Å². The number of carbonyl (C=O) groups is 2. The van der Waals surface area contributed by atoms with Crippen LogP contribution in [0, 0.1) is 0 Å². The molecule has 2 aliphatic rings. The van der Waals surface area contributed by atoms with Crippen molar-refractivity contribution in [3.63, 3.8) is 0 Å². The van der Waals surface area contributed by atoms with Crippen molar-refractivity contribution in [1.29, 1.82) is 0 Å². The van der Waals surface area contributed by atoms with Gasteiger partial charge in [0.1, 0.15) is 6.61 Å². The van der Waals surface area contributed by atoms with Crippen LogP contribution < -0.4 is 0 Å². The van der Waals surface area contributed by atoms with E-state index in [0.29, 0.717) is 26.4 Å². The molecule has 0 bridgehead atoms. The molecule has 27 heavy (non-hydrogen) atoms. The predicted octanol–water partition coefficient (Wildman–Crippen LogP) is 3.56. The first-order valence-corrected chi connectivity index (χ1v) is 8.91. The Kier molecular flexibility index (Phi) is 6.52. The number of rotatable bonds is 2. The van der Waals surface area contributed by atoms with Crippen LogP contribution in [0.15, 0.2) is 54.6 Å². The molecule has 2 aromatic carbocycles. The van der Waals surface area contributed by atoms with Crippen LogP contribution >= 0.6 is 0 Å². The first-order valence-electron chi connectivity index (χ1n) is 8.91. The molecule has 0 unspecified atom stereocenters. The third-order valence-corrected chi connectivity index (χ3v) is 4.27. The molecular weight excluding hydrogens is 344 g/mol. The number of hydrogen-bond acceptors (Lipinski definition) is 5. The average Bonchev–Trinajstić information content (AvgIpc) is 2.69. The molecule has 0 N–H and O–H groups in total. The zero-order chi connectivity index (χ0) is 19.1. The molecule has 0 spiro atoms. The number of esters is 1. The summed E-state index contributed by atoms with van der Waals surface area (Å²) in [5.41, 5.74) is 4.91. The number of fused-ring (bicyclic) bond motifs is 2. The number of carbonyl (C=O) groups excluding carboxylic acids is 2. The second-order valence-electron chi connectivity index (χ2n) is 6.14. The molecule has 0 amide bonds. The topological polar surface area (TPSA) is 61.8 Å². The third kappa shape index (κ3) is 4.90. The third-order valence-electron chi connectivity index (χ3n) is 4.27. The Morgan fingerprint density at radius 1 is 0.926 bits per heavy atom. The maximum atomic E-state index is 11.4. The summed E-state index contributed by atoms with van der Waals surface area (Å²) in [6.45, 7) is 4.07. The van der Waals surface area contributed by atoms with Crippen LogP contribution in [0.4, 0.5) is 0 Å². The summed E-state index contributed by atoms with van der Waals surface area (Å²) in [5, 5.41) is 0. The lowest BCUT2D eigenvalue weighted by Crippen LogP contribution is -2.17. The summed E-state index contributed by atoms with van der Waals surface area (Å²) >= 11 is 0. The van der Waals surface area contributed by atoms with E-state index < -0.39 is 0 Å². The van der Waals surface area contributed by atoms with Crippen LogP contribution in [0.2, 0.25) is 0 Å². The van der Waals surface area contributed by atoms with Gasteiger partial charge in [0.2, 0.25) is 0 Å². The fourth-order valence-corrected chi connectivity index (χ4v) is 3.00. The van der Waals surface area contributed by atoms with Crippen molar-refractivity contribution in [3.05, 3.63) is 76.9 Å². The molecule has 0 saturated heterocycles. The lowest BCUT2D eigenvalue weighted by atomic mass is 9.98. The summed E-state index contributed by atoms with van der Waals surface area (Å²) < 4.78 is 15.4. The minimum absolute atomic E-state index is 0.0897. The van der Waals surface area contributed by atoms with E-state index in [-0.39, 0.29) is 18.4 Å². The minimum Gasteiger partial charge on any atom is -0.463 e. The highest BCUT2D eigenvalue weighted by Crippen LogP contribution is 2.25. The Morgan fingerprint density at radius 3 is 2.19 bits per heavy atom. The summed E-state index contributed by atoms with van der Waals surface area (Å²) in [4.78, 5) is 22.5. The maximum absolute atomic E-state index is 11.4. The molecule has 0 aliphatic carbocycles. The van der Waals surface area contributed by atoms with E-state index in [1.165, 1.54) is 6.08 Å². The van der Waals surface area contributed by atoms with Gasteiger partial charge >= 0.3 is 5.97 Å². The van der Waals surface area contributed by atoms with Crippen molar-refractivity contribution in [3.8, 4) is 0 Å². The molecule has 140 valence electrons. The molecule has 2 aromatic rings. The van der Waals surface area contributed by atoms with Crippen LogP contribution in [-0.4, -0.2) is 31.6 Å². The van der Waals surface area contributed by atoms with E-state index in [9.17, 15) is 9.59 Å². The van der Waals surface area contributed by atoms with E-state index in [1.807, 2.05) is 48.5 Å². The van der Waals surface area contributed by atoms with Gasteiger partial charge in [-0.25, -0.2) is 4.79 Å². The van der Waals surface area contributed by atoms with E-state index in [4.69, 9.17) is 14.2 Å². The van der Waals surface area contributed by atoms with Gasteiger partial charge in [0, 0.05) is 11.6 Å². The van der Waals surface area contributed by atoms with Crippen LogP contribution in [-0.2, 0) is 32.2 Å². The van der Waals surface area contributed by atoms with E-state index in [0.717, 1.165) is 27.8 Å². The quantitative estimate of drug-likeness (QED) is 0.601. The molecule has 0 aromatic heterocycles. The minimum atomic E-state index is -0.308. The number of hydrogen-bond donors (Lipinski definition) is 0. The Balaban J connectivity index is 0.000000166. The normalized spacial score (nSPS) is 16.6. The van der Waals surface area contributed by atoms with Crippen LogP contribution in [0.3, 0.4) is 0 Å². The zero-order valence-electron chi connectivity index (χ0n) is 15.3. The van der Waals surface area contributed by atoms with E-state index in [2.05, 4.69) is 0 Å². The number of benzene rings is 2. The van der Waals surface area contributed by atoms with Crippen LogP contribution in [0.1, 0.15) is 34.0 Å². The highest BCUT2D eigenvalue weighted by molar-refractivity contribution is 5.99. The molecule has 2 heterocycles. The average molecular weight is 366 g/mol. The Morgan fingerprint density at radius 2 is 1.52 bits per heavy atom. The fourth-order valence-electron chi connectivity index (χ4n) is 3.00. The SMILES string of the molecule is CCOC(=O)/C=C1\COCc2ccccc21.O=C1COCc2ccccc21. The second-order valence-corrected chi connectivity index (χ2v) is 6.14. The second kappa shape index (κ2) is 9.26. The van der Waals surface area contributed by atoms with Gasteiger partial charge in [0.05, 0.1) is 26.4 Å². The molecule has 0 saturated carbocycles. The molecule has 2 aliphatic heterocycles. The Hall–Kier alpha value is -2.76. The lowest BCUT2D eigenvalue weighted by Gasteiger charge is -2.18. The largest absolute Gasteiger partial charge is 0.463 e. The van der Waals surface area contributed by atoms with Gasteiger partial charge in [-0.05, 0) is 29.2 Å². The zero-order valence-corrected chi connectivity index (χ0v) is 15.3. The molecule has 0 fully saturated rings. The first-order chi connectivity index (χ1) is 13.2. The van der Waals surface area contributed by atoms with Crippen LogP contribution in [0.5, 0.6) is 0 Å². The molecule has 5 nitrogen and oxygen atoms in total. The van der Waals surface area contributed by atoms with E-state index in [1.54, 1.807) is 6.92 Å². The fraction of sp³-hybridized carbons (Fsp3) is 0.273. The van der Waals surface area contributed by atoms with Gasteiger partial charge in [0.25, 0.3) is 0 Å². The van der Waals surface area contributed by atoms with Gasteiger partial charge in [0.15, 0.2) is 5.78 Å². The van der Waals surface area contributed by atoms with Gasteiger partial charge < -0.3 is 14.2 Å². The molecule has 0 radical (unpaired) electrons. The number of ketones is 1. The van der Waals surface area contributed by atoms with Gasteiger partial charge in [-0.3, -0.25) is 4.79 Å². The van der Waals surface area contributed by atoms with Crippen molar-refractivity contribution in [2.45, 2.75) is 20.1 Å². The van der Waals surface area contributed by atoms with Crippen molar-refractivity contribution < 1.29 is 23.8 Å². The van der Waals surface area contributed by atoms with Crippen molar-refractivity contribution >= 4 is 17.3 Å². The Labute approximate surface area is 158 Å². The van der Waals surface area contributed by atoms with Gasteiger partial charge in [-0.2, -0.15) is 0 Å². The van der Waals surface area contributed by atoms with Gasteiger partial charge in [-0.1, -0.05) is 48.5 Å². The highest BCUT2D eigenvalue weighted by Gasteiger charge is 2.16. The Bertz CT molecular complexity index is 853. The summed E-state index contributed by atoms with van der Waals surface area (Å²) in [5.74, 6) is -0.218. The van der Waals surface area contributed by atoms with E-state index >= 15 is 0 Å². The standard InChI is InChI=1S/C13H14O3.C9H8O2/c1-2-16-13(14)7-11-9-15-8-10-5-3-4-6-12(10)11;10-9-6-11-5-7-3-1-2-4-8(7)9/h3-7H,2,8-9H2,1H3;1-4H,5-6H2/b11-7+;. The lowest BCUT2D eigenvalue weighted by molar-refractivity contribution is -0.137. The molecule has 4 rings (SSSR count). The smallest absolute Gasteiger partial charge is 0.331 e. The van der Waals surface area contributed by atoms with Crippen LogP contribution in [0.25, 0.3) is 5.57 Å². The summed E-state index contributed by atoms with van der Waals surface area (Å²) in [7, 11) is 0. The summed E-state index contributed by atoms with van der Waals surface area (Å²) in [6.07, 6.45) is 1.52. The maximum Gasteiger partial charge on any atom is 0.331 e. The van der Waals surface area contributed by atoms with Crippen molar-refractivity contribution in [2.24, 2.45) is 0 Å². The molecular formula is C22H22O5. The summed E-state index contributed by atoms with van der Waals surface area (Å²) in [6, 6.07) is 15.5. The predicted molar refractivity (Wildman–Crippen MR) is 101 cm³/mol. The van der Waals surface area contributed by atoms with Gasteiger partial charge in [-0.15, -0.1) is 0 Å². The first kappa shape index (κ1) is 19.0. The monoisotopic (exact) mass is 366 g/mol. The number of Topliss-reactive ketones (excluding diaryl/α,β-unsaturated/α-hetero) is 1.